The highest BCUT2D eigenvalue weighted by Gasteiger charge is 2.19. The fourth-order valence-electron chi connectivity index (χ4n) is 2.02. The van der Waals surface area contributed by atoms with E-state index >= 15 is 0 Å². The third-order valence-electron chi connectivity index (χ3n) is 2.99. The lowest BCUT2D eigenvalue weighted by Crippen LogP contribution is -2.32. The van der Waals surface area contributed by atoms with Crippen molar-refractivity contribution in [2.75, 3.05) is 4.90 Å². The van der Waals surface area contributed by atoms with Gasteiger partial charge in [-0.15, -0.1) is 16.4 Å². The largest absolute Gasteiger partial charge is 0.333 e. The molecule has 4 nitrogen and oxygen atoms in total. The molecule has 2 aromatic rings. The second-order valence-electron chi connectivity index (χ2n) is 5.09. The van der Waals surface area contributed by atoms with Crippen LogP contribution in [-0.4, -0.2) is 20.8 Å². The van der Waals surface area contributed by atoms with Crippen molar-refractivity contribution in [2.45, 2.75) is 46.3 Å². The van der Waals surface area contributed by atoms with E-state index in [-0.39, 0.29) is 0 Å². The first-order valence-electron chi connectivity index (χ1n) is 6.46. The van der Waals surface area contributed by atoms with Crippen LogP contribution < -0.4 is 4.90 Å². The number of aromatic nitrogens is 3. The third-order valence-corrected chi connectivity index (χ3v) is 4.14. The Hall–Kier alpha value is -1.14. The Balaban J connectivity index is 2.37. The Kier molecular flexibility index (Phi) is 4.42. The SMILES string of the molecule is CC(C)N(Cc1cccs1)c1n[nH]c(=S)n1C(C)C. The quantitative estimate of drug-likeness (QED) is 0.847. The summed E-state index contributed by atoms with van der Waals surface area (Å²) in [6, 6.07) is 4.90. The second-order valence-corrected chi connectivity index (χ2v) is 6.51. The molecule has 0 aliphatic heterocycles. The summed E-state index contributed by atoms with van der Waals surface area (Å²) in [6.07, 6.45) is 0. The predicted octanol–water partition coefficient (Wildman–Crippen LogP) is 4.00. The van der Waals surface area contributed by atoms with Gasteiger partial charge in [-0.3, -0.25) is 4.57 Å². The fourth-order valence-corrected chi connectivity index (χ4v) is 3.06. The van der Waals surface area contributed by atoms with E-state index in [1.165, 1.54) is 4.88 Å². The zero-order chi connectivity index (χ0) is 14.0. The monoisotopic (exact) mass is 296 g/mol. The van der Waals surface area contributed by atoms with E-state index in [1.807, 2.05) is 0 Å². The van der Waals surface area contributed by atoms with Gasteiger partial charge in [0.05, 0.1) is 6.54 Å². The van der Waals surface area contributed by atoms with Crippen molar-refractivity contribution in [1.29, 1.82) is 0 Å². The number of rotatable bonds is 5. The fraction of sp³-hybridized carbons (Fsp3) is 0.538. The van der Waals surface area contributed by atoms with Gasteiger partial charge in [0, 0.05) is 17.0 Å². The summed E-state index contributed by atoms with van der Waals surface area (Å²) in [5.74, 6) is 0.920. The summed E-state index contributed by atoms with van der Waals surface area (Å²) in [7, 11) is 0. The van der Waals surface area contributed by atoms with E-state index in [4.69, 9.17) is 12.2 Å². The minimum atomic E-state index is 0.297. The Morgan fingerprint density at radius 3 is 2.68 bits per heavy atom. The van der Waals surface area contributed by atoms with Crippen LogP contribution in [0.1, 0.15) is 38.6 Å². The first kappa shape index (κ1) is 14.3. The molecule has 0 aliphatic carbocycles. The van der Waals surface area contributed by atoms with Crippen LogP contribution in [0.4, 0.5) is 5.95 Å². The van der Waals surface area contributed by atoms with Crippen LogP contribution >= 0.6 is 23.6 Å². The average Bonchev–Trinajstić information content (AvgIpc) is 2.94. The molecule has 0 aliphatic rings. The van der Waals surface area contributed by atoms with Crippen LogP contribution in [0.3, 0.4) is 0 Å². The normalized spacial score (nSPS) is 11.5. The van der Waals surface area contributed by atoms with Crippen molar-refractivity contribution in [3.8, 4) is 0 Å². The Morgan fingerprint density at radius 2 is 2.16 bits per heavy atom. The number of nitrogens with one attached hydrogen (secondary N) is 1. The van der Waals surface area contributed by atoms with Crippen molar-refractivity contribution >= 4 is 29.5 Å². The number of nitrogens with zero attached hydrogens (tertiary/aromatic N) is 3. The maximum Gasteiger partial charge on any atom is 0.226 e. The van der Waals surface area contributed by atoms with Crippen LogP contribution in [0, 0.1) is 4.77 Å². The van der Waals surface area contributed by atoms with Crippen LogP contribution in [0.25, 0.3) is 0 Å². The smallest absolute Gasteiger partial charge is 0.226 e. The van der Waals surface area contributed by atoms with E-state index in [1.54, 1.807) is 11.3 Å². The lowest BCUT2D eigenvalue weighted by atomic mass is 10.3. The van der Waals surface area contributed by atoms with Crippen LogP contribution in [0.15, 0.2) is 17.5 Å². The van der Waals surface area contributed by atoms with E-state index in [2.05, 4.69) is 64.9 Å². The average molecular weight is 296 g/mol. The minimum absolute atomic E-state index is 0.297. The van der Waals surface area contributed by atoms with Crippen molar-refractivity contribution in [3.63, 3.8) is 0 Å². The molecular weight excluding hydrogens is 276 g/mol. The van der Waals surface area contributed by atoms with E-state index < -0.39 is 0 Å². The maximum absolute atomic E-state index is 5.32. The van der Waals surface area contributed by atoms with Crippen molar-refractivity contribution < 1.29 is 0 Å². The summed E-state index contributed by atoms with van der Waals surface area (Å²) < 4.78 is 2.75. The molecule has 2 rings (SSSR count). The second kappa shape index (κ2) is 5.88. The maximum atomic E-state index is 5.32. The van der Waals surface area contributed by atoms with E-state index in [0.29, 0.717) is 16.9 Å². The van der Waals surface area contributed by atoms with Crippen LogP contribution in [0.5, 0.6) is 0 Å². The number of H-pyrrole nitrogens is 1. The minimum Gasteiger partial charge on any atom is -0.333 e. The Morgan fingerprint density at radius 1 is 1.42 bits per heavy atom. The van der Waals surface area contributed by atoms with Gasteiger partial charge in [-0.05, 0) is 51.4 Å². The molecule has 0 amide bonds. The number of anilines is 1. The highest BCUT2D eigenvalue weighted by molar-refractivity contribution is 7.71. The zero-order valence-corrected chi connectivity index (χ0v) is 13.4. The summed E-state index contributed by atoms with van der Waals surface area (Å²) in [4.78, 5) is 3.61. The molecule has 0 bridgehead atoms. The van der Waals surface area contributed by atoms with Gasteiger partial charge < -0.3 is 4.90 Å². The van der Waals surface area contributed by atoms with Gasteiger partial charge in [0.15, 0.2) is 4.77 Å². The van der Waals surface area contributed by atoms with Crippen molar-refractivity contribution in [1.82, 2.24) is 14.8 Å². The molecule has 0 fully saturated rings. The summed E-state index contributed by atoms with van der Waals surface area (Å²) in [6.45, 7) is 9.46. The molecule has 0 radical (unpaired) electrons. The summed E-state index contributed by atoms with van der Waals surface area (Å²) >= 11 is 7.09. The molecule has 2 heterocycles. The lowest BCUT2D eigenvalue weighted by molar-refractivity contribution is 0.559. The molecule has 0 saturated heterocycles. The van der Waals surface area contributed by atoms with Gasteiger partial charge in [0.25, 0.3) is 0 Å². The molecule has 19 heavy (non-hydrogen) atoms. The van der Waals surface area contributed by atoms with Gasteiger partial charge in [-0.2, -0.15) is 0 Å². The predicted molar refractivity (Wildman–Crippen MR) is 83.4 cm³/mol. The van der Waals surface area contributed by atoms with Gasteiger partial charge in [0.2, 0.25) is 5.95 Å². The molecule has 2 aromatic heterocycles. The van der Waals surface area contributed by atoms with Gasteiger partial charge >= 0.3 is 0 Å². The highest BCUT2D eigenvalue weighted by Crippen LogP contribution is 2.23. The molecule has 104 valence electrons. The topological polar surface area (TPSA) is 36.9 Å². The highest BCUT2D eigenvalue weighted by atomic mass is 32.1. The molecular formula is C13H20N4S2. The third kappa shape index (κ3) is 3.06. The molecule has 0 aromatic carbocycles. The van der Waals surface area contributed by atoms with E-state index in [0.717, 1.165) is 12.5 Å². The van der Waals surface area contributed by atoms with Crippen molar-refractivity contribution in [2.24, 2.45) is 0 Å². The van der Waals surface area contributed by atoms with Gasteiger partial charge in [0.1, 0.15) is 0 Å². The molecule has 1 N–H and O–H groups in total. The summed E-state index contributed by atoms with van der Waals surface area (Å²) in [5, 5.41) is 9.43. The van der Waals surface area contributed by atoms with Gasteiger partial charge in [-0.25, -0.2) is 5.10 Å². The number of thiophene rings is 1. The number of hydrogen-bond acceptors (Lipinski definition) is 4. The number of aromatic amines is 1. The first-order valence-corrected chi connectivity index (χ1v) is 7.75. The van der Waals surface area contributed by atoms with Crippen LogP contribution in [0.2, 0.25) is 0 Å². The molecule has 6 heteroatoms. The first-order chi connectivity index (χ1) is 9.00. The molecule has 0 atom stereocenters. The molecule has 0 saturated carbocycles. The zero-order valence-electron chi connectivity index (χ0n) is 11.8. The standard InChI is InChI=1S/C13H20N4S2/c1-9(2)16(8-11-6-5-7-19-11)12-14-15-13(18)17(12)10(3)4/h5-7,9-10H,8H2,1-4H3,(H,15,18). The Labute approximate surface area is 123 Å². The van der Waals surface area contributed by atoms with Gasteiger partial charge in [-0.1, -0.05) is 6.07 Å². The Bertz CT molecular complexity index is 566. The van der Waals surface area contributed by atoms with Crippen LogP contribution in [-0.2, 0) is 6.54 Å². The summed E-state index contributed by atoms with van der Waals surface area (Å²) in [5.41, 5.74) is 0. The lowest BCUT2D eigenvalue weighted by Gasteiger charge is -2.28. The van der Waals surface area contributed by atoms with Crippen molar-refractivity contribution in [3.05, 3.63) is 27.2 Å². The molecule has 0 spiro atoms. The number of hydrogen-bond donors (Lipinski definition) is 1. The van der Waals surface area contributed by atoms with E-state index in [9.17, 15) is 0 Å². The molecule has 0 unspecified atom stereocenters.